The Balaban J connectivity index is 1.81. The maximum Gasteiger partial charge on any atom is 0.252 e. The van der Waals surface area contributed by atoms with Crippen LogP contribution in [-0.4, -0.2) is 18.4 Å². The second-order valence-corrected chi connectivity index (χ2v) is 6.09. The zero-order valence-electron chi connectivity index (χ0n) is 12.2. The van der Waals surface area contributed by atoms with Crippen molar-refractivity contribution < 1.29 is 9.59 Å². The van der Waals surface area contributed by atoms with E-state index in [0.29, 0.717) is 12.1 Å². The summed E-state index contributed by atoms with van der Waals surface area (Å²) in [6.07, 6.45) is 0. The number of amides is 2. The highest BCUT2D eigenvalue weighted by Gasteiger charge is 2.10. The quantitative estimate of drug-likeness (QED) is 0.748. The molecule has 0 fully saturated rings. The summed E-state index contributed by atoms with van der Waals surface area (Å²) in [4.78, 5) is 23.8. The van der Waals surface area contributed by atoms with Gasteiger partial charge in [0.15, 0.2) is 0 Å². The molecule has 114 valence electrons. The van der Waals surface area contributed by atoms with Gasteiger partial charge in [-0.1, -0.05) is 42.0 Å². The van der Waals surface area contributed by atoms with Crippen molar-refractivity contribution in [1.29, 1.82) is 0 Å². The molecule has 0 saturated heterocycles. The average Bonchev–Trinajstić information content (AvgIpc) is 2.51. The molecule has 5 heteroatoms. The molecule has 2 aromatic carbocycles. The Bertz CT molecular complexity index is 686. The summed E-state index contributed by atoms with van der Waals surface area (Å²) in [6, 6.07) is 15.2. The number of carbonyl (C=O) groups excluding carboxylic acids is 2. The molecule has 0 unspecified atom stereocenters. The molecule has 2 amide bonds. The number of hydrogen-bond donors (Lipinski definition) is 2. The van der Waals surface area contributed by atoms with Crippen LogP contribution in [0.3, 0.4) is 0 Å². The molecule has 2 rings (SSSR count). The van der Waals surface area contributed by atoms with E-state index in [1.165, 1.54) is 0 Å². The fraction of sp³-hybridized carbons (Fsp3) is 0.176. The Kier molecular flexibility index (Phi) is 5.94. The predicted octanol–water partition coefficient (Wildman–Crippen LogP) is 2.65. The van der Waals surface area contributed by atoms with Crippen LogP contribution in [0.4, 0.5) is 0 Å². The molecule has 0 aliphatic carbocycles. The van der Waals surface area contributed by atoms with Gasteiger partial charge in [-0.2, -0.15) is 0 Å². The monoisotopic (exact) mass is 408 g/mol. The van der Waals surface area contributed by atoms with E-state index in [9.17, 15) is 9.59 Å². The first-order chi connectivity index (χ1) is 10.6. The third-order valence-corrected chi connectivity index (χ3v) is 4.04. The SMILES string of the molecule is Cc1cccc(CNC(=O)CNC(=O)c2ccccc2I)c1. The Hall–Kier alpha value is -1.89. The van der Waals surface area contributed by atoms with Crippen LogP contribution in [0, 0.1) is 10.5 Å². The Morgan fingerprint density at radius 3 is 2.55 bits per heavy atom. The lowest BCUT2D eigenvalue weighted by atomic mass is 10.1. The molecule has 0 saturated carbocycles. The zero-order valence-corrected chi connectivity index (χ0v) is 14.4. The van der Waals surface area contributed by atoms with Crippen LogP contribution >= 0.6 is 22.6 Å². The minimum Gasteiger partial charge on any atom is -0.350 e. The molecule has 2 N–H and O–H groups in total. The van der Waals surface area contributed by atoms with Crippen LogP contribution in [0.2, 0.25) is 0 Å². The van der Waals surface area contributed by atoms with Gasteiger partial charge in [0.25, 0.3) is 5.91 Å². The summed E-state index contributed by atoms with van der Waals surface area (Å²) in [5, 5.41) is 5.42. The van der Waals surface area contributed by atoms with Gasteiger partial charge in [0.2, 0.25) is 5.91 Å². The third kappa shape index (κ3) is 4.84. The second kappa shape index (κ2) is 7.93. The molecular formula is C17H17IN2O2. The summed E-state index contributed by atoms with van der Waals surface area (Å²) in [5.41, 5.74) is 2.77. The van der Waals surface area contributed by atoms with Gasteiger partial charge in [-0.05, 0) is 47.2 Å². The van der Waals surface area contributed by atoms with Gasteiger partial charge in [-0.25, -0.2) is 0 Å². The van der Waals surface area contributed by atoms with Gasteiger partial charge in [0, 0.05) is 10.1 Å². The topological polar surface area (TPSA) is 58.2 Å². The first kappa shape index (κ1) is 16.5. The average molecular weight is 408 g/mol. The van der Waals surface area contributed by atoms with Crippen LogP contribution in [-0.2, 0) is 11.3 Å². The number of hydrogen-bond acceptors (Lipinski definition) is 2. The maximum absolute atomic E-state index is 12.0. The van der Waals surface area contributed by atoms with Crippen LogP contribution in [0.25, 0.3) is 0 Å². The van der Waals surface area contributed by atoms with Crippen molar-refractivity contribution in [2.75, 3.05) is 6.54 Å². The zero-order chi connectivity index (χ0) is 15.9. The number of rotatable bonds is 5. The van der Waals surface area contributed by atoms with Crippen molar-refractivity contribution in [2.45, 2.75) is 13.5 Å². The normalized spacial score (nSPS) is 10.1. The van der Waals surface area contributed by atoms with Crippen molar-refractivity contribution in [3.05, 3.63) is 68.8 Å². The van der Waals surface area contributed by atoms with Crippen LogP contribution in [0.15, 0.2) is 48.5 Å². The van der Waals surface area contributed by atoms with Gasteiger partial charge in [-0.15, -0.1) is 0 Å². The van der Waals surface area contributed by atoms with E-state index in [-0.39, 0.29) is 18.4 Å². The summed E-state index contributed by atoms with van der Waals surface area (Å²) in [6.45, 7) is 2.43. The molecule has 0 atom stereocenters. The molecule has 0 aliphatic rings. The third-order valence-electron chi connectivity index (χ3n) is 3.10. The number of aryl methyl sites for hydroxylation is 1. The fourth-order valence-corrected chi connectivity index (χ4v) is 2.62. The van der Waals surface area contributed by atoms with Crippen molar-refractivity contribution in [3.8, 4) is 0 Å². The molecule has 0 radical (unpaired) electrons. The smallest absolute Gasteiger partial charge is 0.252 e. The molecule has 22 heavy (non-hydrogen) atoms. The highest BCUT2D eigenvalue weighted by atomic mass is 127. The number of nitrogens with one attached hydrogen (secondary N) is 2. The van der Waals surface area contributed by atoms with Crippen LogP contribution in [0.1, 0.15) is 21.5 Å². The summed E-state index contributed by atoms with van der Waals surface area (Å²) in [7, 11) is 0. The van der Waals surface area contributed by atoms with Gasteiger partial charge in [-0.3, -0.25) is 9.59 Å². The molecule has 0 heterocycles. The maximum atomic E-state index is 12.0. The van der Waals surface area contributed by atoms with E-state index in [0.717, 1.165) is 14.7 Å². The second-order valence-electron chi connectivity index (χ2n) is 4.93. The van der Waals surface area contributed by atoms with E-state index < -0.39 is 0 Å². The lowest BCUT2D eigenvalue weighted by molar-refractivity contribution is -0.120. The van der Waals surface area contributed by atoms with Gasteiger partial charge < -0.3 is 10.6 Å². The van der Waals surface area contributed by atoms with Gasteiger partial charge >= 0.3 is 0 Å². The highest BCUT2D eigenvalue weighted by molar-refractivity contribution is 14.1. The number of carbonyl (C=O) groups is 2. The molecule has 4 nitrogen and oxygen atoms in total. The van der Waals surface area contributed by atoms with E-state index in [1.54, 1.807) is 12.1 Å². The summed E-state index contributed by atoms with van der Waals surface area (Å²) >= 11 is 2.10. The van der Waals surface area contributed by atoms with Gasteiger partial charge in [0.05, 0.1) is 12.1 Å². The fourth-order valence-electron chi connectivity index (χ4n) is 1.99. The van der Waals surface area contributed by atoms with E-state index in [2.05, 4.69) is 33.2 Å². The molecule has 0 bridgehead atoms. The Morgan fingerprint density at radius 1 is 1.05 bits per heavy atom. The summed E-state index contributed by atoms with van der Waals surface area (Å²) in [5.74, 6) is -0.448. The van der Waals surface area contributed by atoms with Crippen molar-refractivity contribution in [3.63, 3.8) is 0 Å². The minimum absolute atomic E-state index is 0.0321. The molecule has 2 aromatic rings. The van der Waals surface area contributed by atoms with E-state index >= 15 is 0 Å². The number of benzene rings is 2. The van der Waals surface area contributed by atoms with E-state index in [1.807, 2.05) is 43.3 Å². The standard InChI is InChI=1S/C17H17IN2O2/c1-12-5-4-6-13(9-12)10-19-16(21)11-20-17(22)14-7-2-3-8-15(14)18/h2-9H,10-11H2,1H3,(H,19,21)(H,20,22). The lowest BCUT2D eigenvalue weighted by Gasteiger charge is -2.08. The van der Waals surface area contributed by atoms with Crippen molar-refractivity contribution in [1.82, 2.24) is 10.6 Å². The molecule has 0 aliphatic heterocycles. The van der Waals surface area contributed by atoms with Crippen LogP contribution in [0.5, 0.6) is 0 Å². The first-order valence-corrected chi connectivity index (χ1v) is 7.99. The van der Waals surface area contributed by atoms with Gasteiger partial charge in [0.1, 0.15) is 0 Å². The van der Waals surface area contributed by atoms with E-state index in [4.69, 9.17) is 0 Å². The Labute approximate surface area is 143 Å². The summed E-state index contributed by atoms with van der Waals surface area (Å²) < 4.78 is 0.859. The number of halogens is 1. The van der Waals surface area contributed by atoms with Crippen LogP contribution < -0.4 is 10.6 Å². The van der Waals surface area contributed by atoms with Crippen molar-refractivity contribution in [2.24, 2.45) is 0 Å². The van der Waals surface area contributed by atoms with Crippen molar-refractivity contribution >= 4 is 34.4 Å². The molecule has 0 spiro atoms. The lowest BCUT2D eigenvalue weighted by Crippen LogP contribution is -2.36. The highest BCUT2D eigenvalue weighted by Crippen LogP contribution is 2.10. The molecule has 0 aromatic heterocycles. The molecular weight excluding hydrogens is 391 g/mol. The first-order valence-electron chi connectivity index (χ1n) is 6.91. The largest absolute Gasteiger partial charge is 0.350 e. The Morgan fingerprint density at radius 2 is 1.82 bits per heavy atom. The minimum atomic E-state index is -0.240. The predicted molar refractivity (Wildman–Crippen MR) is 94.5 cm³/mol.